The van der Waals surface area contributed by atoms with Gasteiger partial charge < -0.3 is 9.72 Å². The maximum atomic E-state index is 15.1. The first-order valence-electron chi connectivity index (χ1n) is 9.76. The molecule has 0 radical (unpaired) electrons. The van der Waals surface area contributed by atoms with E-state index in [0.29, 0.717) is 29.5 Å². The third-order valence-electron chi connectivity index (χ3n) is 5.64. The number of rotatable bonds is 5. The summed E-state index contributed by atoms with van der Waals surface area (Å²) in [5.74, 6) is -0.144. The number of H-pyrrole nitrogens is 1. The zero-order chi connectivity index (χ0) is 20.0. The maximum absolute atomic E-state index is 15.1. The van der Waals surface area contributed by atoms with E-state index in [1.54, 1.807) is 12.1 Å². The van der Waals surface area contributed by atoms with Gasteiger partial charge in [0.25, 0.3) is 6.01 Å². The number of ether oxygens (including phenoxy) is 1. The molecular weight excluding hydrogens is 370 g/mol. The molecule has 3 aromatic carbocycles. The van der Waals surface area contributed by atoms with E-state index in [2.05, 4.69) is 16.9 Å². The molecule has 146 valence electrons. The first-order valence-corrected chi connectivity index (χ1v) is 9.76. The van der Waals surface area contributed by atoms with Gasteiger partial charge in [-0.15, -0.1) is 0 Å². The second-order valence-electron chi connectivity index (χ2n) is 7.71. The number of aromatic amines is 1. The quantitative estimate of drug-likeness (QED) is 0.440. The predicted octanol–water partition coefficient (Wildman–Crippen LogP) is 6.21. The van der Waals surface area contributed by atoms with Crippen LogP contribution in [0.3, 0.4) is 0 Å². The average Bonchev–Trinajstić information content (AvgIpc) is 3.29. The van der Waals surface area contributed by atoms with Gasteiger partial charge in [0, 0.05) is 6.07 Å². The average molecular weight is 390 g/mol. The molecule has 5 rings (SSSR count). The van der Waals surface area contributed by atoms with E-state index in [9.17, 15) is 4.39 Å². The summed E-state index contributed by atoms with van der Waals surface area (Å²) in [5.41, 5.74) is 2.82. The maximum Gasteiger partial charge on any atom is 0.294 e. The minimum atomic E-state index is -0.682. The third-order valence-corrected chi connectivity index (χ3v) is 5.64. The molecular formula is C24H20F2N2O. The lowest BCUT2D eigenvalue weighted by Gasteiger charge is -2.08. The molecule has 2 unspecified atom stereocenters. The van der Waals surface area contributed by atoms with E-state index in [-0.39, 0.29) is 17.1 Å². The van der Waals surface area contributed by atoms with E-state index in [1.807, 2.05) is 42.5 Å². The Labute approximate surface area is 167 Å². The van der Waals surface area contributed by atoms with Crippen molar-refractivity contribution in [3.63, 3.8) is 0 Å². The molecule has 1 aromatic heterocycles. The van der Waals surface area contributed by atoms with Gasteiger partial charge in [-0.3, -0.25) is 0 Å². The summed E-state index contributed by atoms with van der Waals surface area (Å²) in [6.07, 6.45) is 1.13. The highest BCUT2D eigenvalue weighted by Gasteiger charge is 2.33. The summed E-state index contributed by atoms with van der Waals surface area (Å²) in [7, 11) is 0. The molecule has 5 heteroatoms. The first kappa shape index (κ1) is 17.9. The second-order valence-corrected chi connectivity index (χ2v) is 7.71. The fraction of sp³-hybridized carbons (Fsp3) is 0.208. The molecule has 1 aliphatic carbocycles. The summed E-state index contributed by atoms with van der Waals surface area (Å²) in [6, 6.07) is 18.6. The lowest BCUT2D eigenvalue weighted by molar-refractivity contribution is 0.274. The fourth-order valence-electron chi connectivity index (χ4n) is 3.67. The number of nitrogens with one attached hydrogen (secondary N) is 1. The van der Waals surface area contributed by atoms with Crippen LogP contribution in [0.4, 0.5) is 8.78 Å². The topological polar surface area (TPSA) is 37.9 Å². The van der Waals surface area contributed by atoms with Crippen molar-refractivity contribution >= 4 is 11.0 Å². The summed E-state index contributed by atoms with van der Waals surface area (Å²) in [6.45, 7) is 2.70. The standard InChI is InChI=1S/C24H20F2N2O/c1-14-11-18(14)13-29-24-27-20-12-19(25)21(22(26)23(20)28-24)17-9-7-16(8-10-17)15-5-3-2-4-6-15/h2-10,12,14,18H,11,13H2,1H3,(H,27,28). The predicted molar refractivity (Wildman–Crippen MR) is 110 cm³/mol. The van der Waals surface area contributed by atoms with Crippen LogP contribution >= 0.6 is 0 Å². The Morgan fingerprint density at radius 2 is 1.66 bits per heavy atom. The molecule has 0 bridgehead atoms. The van der Waals surface area contributed by atoms with Crippen molar-refractivity contribution in [2.75, 3.05) is 6.61 Å². The normalized spacial score (nSPS) is 18.2. The third kappa shape index (κ3) is 3.37. The van der Waals surface area contributed by atoms with Crippen LogP contribution in [-0.4, -0.2) is 16.6 Å². The van der Waals surface area contributed by atoms with Crippen molar-refractivity contribution in [3.8, 4) is 28.3 Å². The Morgan fingerprint density at radius 3 is 2.34 bits per heavy atom. The van der Waals surface area contributed by atoms with Crippen molar-refractivity contribution in [1.82, 2.24) is 9.97 Å². The SMILES string of the molecule is CC1CC1COc1nc2c(F)c(-c3ccc(-c4ccccc4)cc3)c(F)cc2[nH]1. The smallest absolute Gasteiger partial charge is 0.294 e. The lowest BCUT2D eigenvalue weighted by Crippen LogP contribution is -2.01. The van der Waals surface area contributed by atoms with E-state index in [1.165, 1.54) is 6.07 Å². The van der Waals surface area contributed by atoms with Gasteiger partial charge >= 0.3 is 0 Å². The van der Waals surface area contributed by atoms with Gasteiger partial charge in [-0.2, -0.15) is 4.98 Å². The van der Waals surface area contributed by atoms with Crippen molar-refractivity contribution in [2.24, 2.45) is 11.8 Å². The number of halogens is 2. The molecule has 0 saturated heterocycles. The Hall–Kier alpha value is -3.21. The molecule has 4 aromatic rings. The number of imidazole rings is 1. The largest absolute Gasteiger partial charge is 0.464 e. The Kier molecular flexibility index (Phi) is 4.31. The van der Waals surface area contributed by atoms with Crippen molar-refractivity contribution < 1.29 is 13.5 Å². The lowest BCUT2D eigenvalue weighted by atomic mass is 9.99. The number of hydrogen-bond donors (Lipinski definition) is 1. The Morgan fingerprint density at radius 1 is 1.00 bits per heavy atom. The van der Waals surface area contributed by atoms with Gasteiger partial charge in [-0.25, -0.2) is 8.78 Å². The number of hydrogen-bond acceptors (Lipinski definition) is 2. The van der Waals surface area contributed by atoms with Gasteiger partial charge in [0.05, 0.1) is 17.7 Å². The summed E-state index contributed by atoms with van der Waals surface area (Å²) < 4.78 is 35.5. The number of fused-ring (bicyclic) bond motifs is 1. The van der Waals surface area contributed by atoms with Gasteiger partial charge in [0.2, 0.25) is 0 Å². The van der Waals surface area contributed by atoms with Crippen LogP contribution in [0.5, 0.6) is 6.01 Å². The highest BCUT2D eigenvalue weighted by atomic mass is 19.1. The van der Waals surface area contributed by atoms with E-state index in [0.717, 1.165) is 17.5 Å². The second kappa shape index (κ2) is 6.99. The fourth-order valence-corrected chi connectivity index (χ4v) is 3.67. The molecule has 1 aliphatic rings. The molecule has 1 N–H and O–H groups in total. The summed E-state index contributed by atoms with van der Waals surface area (Å²) >= 11 is 0. The van der Waals surface area contributed by atoms with Crippen molar-refractivity contribution in [1.29, 1.82) is 0 Å². The van der Waals surface area contributed by atoms with Crippen LogP contribution in [-0.2, 0) is 0 Å². The number of aromatic nitrogens is 2. The van der Waals surface area contributed by atoms with Gasteiger partial charge in [-0.05, 0) is 34.9 Å². The first-order chi connectivity index (χ1) is 14.1. The van der Waals surface area contributed by atoms with Gasteiger partial charge in [0.15, 0.2) is 5.82 Å². The van der Waals surface area contributed by atoms with Crippen LogP contribution in [0.2, 0.25) is 0 Å². The van der Waals surface area contributed by atoms with Crippen LogP contribution in [0, 0.1) is 23.5 Å². The van der Waals surface area contributed by atoms with Crippen LogP contribution < -0.4 is 4.74 Å². The molecule has 3 nitrogen and oxygen atoms in total. The molecule has 1 saturated carbocycles. The Balaban J connectivity index is 1.47. The molecule has 0 amide bonds. The molecule has 29 heavy (non-hydrogen) atoms. The number of benzene rings is 3. The van der Waals surface area contributed by atoms with Gasteiger partial charge in [-0.1, -0.05) is 61.5 Å². The zero-order valence-electron chi connectivity index (χ0n) is 16.0. The highest BCUT2D eigenvalue weighted by molar-refractivity contribution is 5.84. The van der Waals surface area contributed by atoms with Crippen molar-refractivity contribution in [3.05, 3.63) is 72.3 Å². The molecule has 1 heterocycles. The number of nitrogens with zero attached hydrogens (tertiary/aromatic N) is 1. The van der Waals surface area contributed by atoms with Crippen LogP contribution in [0.25, 0.3) is 33.3 Å². The molecule has 0 aliphatic heterocycles. The Bertz CT molecular complexity index is 1170. The van der Waals surface area contributed by atoms with E-state index >= 15 is 4.39 Å². The van der Waals surface area contributed by atoms with Crippen LogP contribution in [0.1, 0.15) is 13.3 Å². The van der Waals surface area contributed by atoms with Crippen molar-refractivity contribution in [2.45, 2.75) is 13.3 Å². The summed E-state index contributed by atoms with van der Waals surface area (Å²) in [5, 5.41) is 0. The molecule has 1 fully saturated rings. The minimum Gasteiger partial charge on any atom is -0.464 e. The molecule has 2 atom stereocenters. The minimum absolute atomic E-state index is 0.0778. The van der Waals surface area contributed by atoms with E-state index in [4.69, 9.17) is 4.74 Å². The van der Waals surface area contributed by atoms with Crippen LogP contribution in [0.15, 0.2) is 60.7 Å². The molecule has 0 spiro atoms. The monoisotopic (exact) mass is 390 g/mol. The van der Waals surface area contributed by atoms with Gasteiger partial charge in [0.1, 0.15) is 11.3 Å². The zero-order valence-corrected chi connectivity index (χ0v) is 16.0. The van der Waals surface area contributed by atoms with E-state index < -0.39 is 11.6 Å². The summed E-state index contributed by atoms with van der Waals surface area (Å²) in [4.78, 5) is 7.08. The highest BCUT2D eigenvalue weighted by Crippen LogP contribution is 2.38.